The Morgan fingerprint density at radius 3 is 2.11 bits per heavy atom. The smallest absolute Gasteiger partial charge is 0.354 e. The Labute approximate surface area is 221 Å². The first-order chi connectivity index (χ1) is 18.4. The van der Waals surface area contributed by atoms with Crippen molar-refractivity contribution in [1.82, 2.24) is 0 Å². The number of rotatable bonds is 7. The standard InChI is InChI=1S/C30H26N2O5S/c1-2-31-25-17-23(21-9-5-3-6-10-21)13-15-27(25)36-29(31)19-30-32(20-38(33,34)35)26-18-24(14-16-28(26)37-30)22-11-7-4-8-12-22/h3-18,29H,2,19-20H2,1H3. The first kappa shape index (κ1) is 24.2. The summed E-state index contributed by atoms with van der Waals surface area (Å²) in [5, 5.41) is 0. The largest absolute Gasteiger partial charge is 0.743 e. The second-order valence-electron chi connectivity index (χ2n) is 9.27. The summed E-state index contributed by atoms with van der Waals surface area (Å²) < 4.78 is 49.6. The van der Waals surface area contributed by atoms with Gasteiger partial charge in [0.2, 0.25) is 11.5 Å². The summed E-state index contributed by atoms with van der Waals surface area (Å²) in [4.78, 5) is 2.13. The summed E-state index contributed by atoms with van der Waals surface area (Å²) in [5.41, 5.74) is 6.09. The third-order valence-corrected chi connectivity index (χ3v) is 7.42. The molecule has 192 valence electrons. The number of hydrogen-bond donors (Lipinski definition) is 0. The minimum Gasteiger partial charge on any atom is -0.743 e. The molecule has 0 saturated carbocycles. The van der Waals surface area contributed by atoms with Crippen LogP contribution in [-0.2, 0) is 22.4 Å². The zero-order chi connectivity index (χ0) is 26.3. The fraction of sp³-hybridized carbons (Fsp3) is 0.167. The van der Waals surface area contributed by atoms with Crippen molar-refractivity contribution in [2.75, 3.05) is 11.4 Å². The minimum absolute atomic E-state index is 0.258. The molecule has 1 aliphatic heterocycles. The van der Waals surface area contributed by atoms with Gasteiger partial charge in [0.05, 0.1) is 5.69 Å². The van der Waals surface area contributed by atoms with Crippen molar-refractivity contribution >= 4 is 26.9 Å². The number of anilines is 1. The molecule has 1 aromatic heterocycles. The number of hydrogen-bond acceptors (Lipinski definition) is 6. The molecule has 2 heterocycles. The number of fused-ring (bicyclic) bond motifs is 2. The molecule has 5 aromatic rings. The number of oxazole rings is 1. The van der Waals surface area contributed by atoms with Crippen LogP contribution in [0.1, 0.15) is 12.8 Å². The average molecular weight is 527 g/mol. The summed E-state index contributed by atoms with van der Waals surface area (Å²) in [6.07, 6.45) is -0.163. The van der Waals surface area contributed by atoms with Crippen molar-refractivity contribution in [2.24, 2.45) is 0 Å². The summed E-state index contributed by atoms with van der Waals surface area (Å²) >= 11 is 0. The van der Waals surface area contributed by atoms with Gasteiger partial charge in [0, 0.05) is 12.6 Å². The molecule has 4 aromatic carbocycles. The molecule has 7 nitrogen and oxygen atoms in total. The van der Waals surface area contributed by atoms with E-state index < -0.39 is 22.2 Å². The molecular formula is C30H26N2O5S. The lowest BCUT2D eigenvalue weighted by Crippen LogP contribution is -2.44. The maximum absolute atomic E-state index is 11.9. The summed E-state index contributed by atoms with van der Waals surface area (Å²) in [7, 11) is -4.58. The Bertz CT molecular complexity index is 1720. The lowest BCUT2D eigenvalue weighted by Gasteiger charge is -2.22. The highest BCUT2D eigenvalue weighted by Gasteiger charge is 2.36. The van der Waals surface area contributed by atoms with Gasteiger partial charge in [0.15, 0.2) is 16.3 Å². The van der Waals surface area contributed by atoms with Crippen LogP contribution in [0.3, 0.4) is 0 Å². The highest BCUT2D eigenvalue weighted by Crippen LogP contribution is 2.40. The van der Waals surface area contributed by atoms with Crippen molar-refractivity contribution in [3.05, 3.63) is 103 Å². The van der Waals surface area contributed by atoms with E-state index in [0.29, 0.717) is 23.5 Å². The summed E-state index contributed by atoms with van der Waals surface area (Å²) in [5.74, 6) is 0.392. The van der Waals surface area contributed by atoms with Crippen LogP contribution in [0.15, 0.2) is 101 Å². The van der Waals surface area contributed by atoms with E-state index in [4.69, 9.17) is 9.15 Å². The Morgan fingerprint density at radius 2 is 1.47 bits per heavy atom. The molecule has 1 unspecified atom stereocenters. The van der Waals surface area contributed by atoms with Crippen LogP contribution >= 0.6 is 0 Å². The van der Waals surface area contributed by atoms with Gasteiger partial charge in [0.1, 0.15) is 12.2 Å². The number of ether oxygens (including phenoxy) is 1. The van der Waals surface area contributed by atoms with Crippen LogP contribution in [0, 0.1) is 0 Å². The molecule has 1 atom stereocenters. The average Bonchev–Trinajstić information content (AvgIpc) is 3.44. The third-order valence-electron chi connectivity index (χ3n) is 6.85. The zero-order valence-corrected chi connectivity index (χ0v) is 21.6. The van der Waals surface area contributed by atoms with Crippen LogP contribution in [0.25, 0.3) is 33.4 Å². The highest BCUT2D eigenvalue weighted by molar-refractivity contribution is 7.84. The van der Waals surface area contributed by atoms with Gasteiger partial charge in [-0.25, -0.2) is 8.42 Å². The van der Waals surface area contributed by atoms with E-state index in [9.17, 15) is 13.0 Å². The van der Waals surface area contributed by atoms with Crippen LogP contribution < -0.4 is 14.2 Å². The van der Waals surface area contributed by atoms with E-state index in [-0.39, 0.29) is 6.42 Å². The number of aromatic nitrogens is 1. The Morgan fingerprint density at radius 1 is 0.842 bits per heavy atom. The first-order valence-corrected chi connectivity index (χ1v) is 14.0. The fourth-order valence-electron chi connectivity index (χ4n) is 5.08. The van der Waals surface area contributed by atoms with Crippen LogP contribution in [0.5, 0.6) is 5.75 Å². The second-order valence-corrected chi connectivity index (χ2v) is 10.6. The molecule has 0 amide bonds. The van der Waals surface area contributed by atoms with Crippen LogP contribution in [0.2, 0.25) is 0 Å². The van der Waals surface area contributed by atoms with Gasteiger partial charge in [-0.2, -0.15) is 0 Å². The number of nitrogens with zero attached hydrogens (tertiary/aromatic N) is 2. The topological polar surface area (TPSA) is 86.7 Å². The van der Waals surface area contributed by atoms with Gasteiger partial charge in [0.25, 0.3) is 5.52 Å². The van der Waals surface area contributed by atoms with Gasteiger partial charge in [-0.15, -0.1) is 4.57 Å². The predicted octanol–water partition coefficient (Wildman–Crippen LogP) is 5.34. The lowest BCUT2D eigenvalue weighted by molar-refractivity contribution is -0.665. The first-order valence-electron chi connectivity index (χ1n) is 12.5. The van der Waals surface area contributed by atoms with Crippen LogP contribution in [0.4, 0.5) is 5.69 Å². The molecular weight excluding hydrogens is 500 g/mol. The minimum atomic E-state index is -4.58. The molecule has 0 fully saturated rings. The van der Waals surface area contributed by atoms with E-state index in [2.05, 4.69) is 23.1 Å². The van der Waals surface area contributed by atoms with Crippen molar-refractivity contribution in [3.8, 4) is 28.0 Å². The molecule has 0 saturated heterocycles. The molecule has 0 bridgehead atoms. The van der Waals surface area contributed by atoms with Crippen molar-refractivity contribution in [3.63, 3.8) is 0 Å². The third kappa shape index (κ3) is 4.64. The van der Waals surface area contributed by atoms with E-state index >= 15 is 0 Å². The van der Waals surface area contributed by atoms with E-state index in [1.165, 1.54) is 4.57 Å². The number of likely N-dealkylation sites (N-methyl/N-ethyl adjacent to an activating group) is 1. The van der Waals surface area contributed by atoms with Gasteiger partial charge in [-0.1, -0.05) is 72.8 Å². The Hall–Kier alpha value is -4.14. The molecule has 0 spiro atoms. The van der Waals surface area contributed by atoms with Crippen molar-refractivity contribution in [2.45, 2.75) is 25.4 Å². The Balaban J connectivity index is 1.37. The van der Waals surface area contributed by atoms with Gasteiger partial charge in [-0.3, -0.25) is 0 Å². The predicted molar refractivity (Wildman–Crippen MR) is 145 cm³/mol. The zero-order valence-electron chi connectivity index (χ0n) is 20.8. The van der Waals surface area contributed by atoms with Crippen molar-refractivity contribution < 1.29 is 26.7 Å². The SMILES string of the molecule is CCN1c2cc(-c3ccccc3)ccc2OC1Cc1oc2ccc(-c3ccccc3)cc2[n+]1CS(=O)(=O)[O-]. The lowest BCUT2D eigenvalue weighted by atomic mass is 10.0. The summed E-state index contributed by atoms with van der Waals surface area (Å²) in [6, 6.07) is 31.6. The molecule has 38 heavy (non-hydrogen) atoms. The maximum Gasteiger partial charge on any atom is 0.354 e. The molecule has 1 aliphatic rings. The molecule has 0 radical (unpaired) electrons. The quantitative estimate of drug-likeness (QED) is 0.210. The molecule has 6 rings (SSSR count). The molecule has 8 heteroatoms. The fourth-order valence-corrected chi connectivity index (χ4v) is 5.68. The van der Waals surface area contributed by atoms with E-state index in [0.717, 1.165) is 33.7 Å². The van der Waals surface area contributed by atoms with Gasteiger partial charge >= 0.3 is 5.89 Å². The normalized spacial score (nSPS) is 15.0. The number of benzene rings is 4. The van der Waals surface area contributed by atoms with E-state index in [1.54, 1.807) is 0 Å². The molecule has 0 N–H and O–H groups in total. The Kier molecular flexibility index (Phi) is 6.13. The van der Waals surface area contributed by atoms with Crippen molar-refractivity contribution in [1.29, 1.82) is 0 Å². The summed E-state index contributed by atoms with van der Waals surface area (Å²) in [6.45, 7) is 2.72. The van der Waals surface area contributed by atoms with Crippen LogP contribution in [-0.4, -0.2) is 25.7 Å². The van der Waals surface area contributed by atoms with E-state index in [1.807, 2.05) is 85.8 Å². The maximum atomic E-state index is 11.9. The monoisotopic (exact) mass is 526 g/mol. The highest BCUT2D eigenvalue weighted by atomic mass is 32.2. The second kappa shape index (κ2) is 9.63. The van der Waals surface area contributed by atoms with Gasteiger partial charge in [-0.05, 0) is 47.4 Å². The van der Waals surface area contributed by atoms with Gasteiger partial charge < -0.3 is 18.6 Å². The molecule has 0 aliphatic carbocycles.